The number of halogens is 2. The first kappa shape index (κ1) is 20.6. The molecule has 1 amide bonds. The van der Waals surface area contributed by atoms with E-state index in [1.54, 1.807) is 4.90 Å². The highest BCUT2D eigenvalue weighted by molar-refractivity contribution is 7.13. The van der Waals surface area contributed by atoms with Crippen LogP contribution in [0.1, 0.15) is 63.3 Å². The average Bonchev–Trinajstić information content (AvgIpc) is 3.07. The summed E-state index contributed by atoms with van der Waals surface area (Å²) in [5.74, 6) is -2.18. The van der Waals surface area contributed by atoms with Crippen LogP contribution in [-0.2, 0) is 6.42 Å². The number of carbonyl (C=O) groups is 2. The van der Waals surface area contributed by atoms with E-state index in [0.717, 1.165) is 48.2 Å². The standard InChI is InChI=1S/C21H24F2N2O2S/c1-3-4-5-18-24-13(2)20(28-18)21(27)25-10-8-14(9-11-25)19(26)16-12-15(22)6-7-17(16)23/h6-7,12,14H,3-5,8-11H2,1-2H3. The topological polar surface area (TPSA) is 50.3 Å². The smallest absolute Gasteiger partial charge is 0.265 e. The van der Waals surface area contributed by atoms with Gasteiger partial charge in [-0.3, -0.25) is 9.59 Å². The van der Waals surface area contributed by atoms with Crippen molar-refractivity contribution >= 4 is 23.0 Å². The minimum Gasteiger partial charge on any atom is -0.338 e. The van der Waals surface area contributed by atoms with Gasteiger partial charge in [0.25, 0.3) is 5.91 Å². The Morgan fingerprint density at radius 2 is 1.96 bits per heavy atom. The molecule has 0 spiro atoms. The SMILES string of the molecule is CCCCc1nc(C)c(C(=O)N2CCC(C(=O)c3cc(F)ccc3F)CC2)s1. The predicted octanol–water partition coefficient (Wildman–Crippen LogP) is 4.81. The number of nitrogens with zero attached hydrogens (tertiary/aromatic N) is 2. The zero-order valence-electron chi connectivity index (χ0n) is 16.1. The van der Waals surface area contributed by atoms with Crippen molar-refractivity contribution in [3.8, 4) is 0 Å². The summed E-state index contributed by atoms with van der Waals surface area (Å²) >= 11 is 1.45. The second-order valence-electron chi connectivity index (χ2n) is 7.18. The summed E-state index contributed by atoms with van der Waals surface area (Å²) in [6.45, 7) is 4.82. The summed E-state index contributed by atoms with van der Waals surface area (Å²) in [5, 5.41) is 0.981. The number of amides is 1. The number of hydrogen-bond acceptors (Lipinski definition) is 4. The maximum absolute atomic E-state index is 13.9. The number of ketones is 1. The van der Waals surface area contributed by atoms with Gasteiger partial charge in [-0.25, -0.2) is 13.8 Å². The molecule has 150 valence electrons. The number of Topliss-reactive ketones (excluding diaryl/α,β-unsaturated/α-hetero) is 1. The molecule has 1 aliphatic heterocycles. The number of likely N-dealkylation sites (tertiary alicyclic amines) is 1. The largest absolute Gasteiger partial charge is 0.338 e. The van der Waals surface area contributed by atoms with Crippen molar-refractivity contribution in [2.75, 3.05) is 13.1 Å². The average molecular weight is 406 g/mol. The third-order valence-corrected chi connectivity index (χ3v) is 6.33. The number of aromatic nitrogens is 1. The summed E-state index contributed by atoms with van der Waals surface area (Å²) in [4.78, 5) is 32.3. The molecule has 4 nitrogen and oxygen atoms in total. The minimum atomic E-state index is -0.704. The van der Waals surface area contributed by atoms with E-state index in [2.05, 4.69) is 11.9 Å². The van der Waals surface area contributed by atoms with Crippen LogP contribution in [0.15, 0.2) is 18.2 Å². The van der Waals surface area contributed by atoms with Crippen LogP contribution >= 0.6 is 11.3 Å². The minimum absolute atomic E-state index is 0.0550. The molecule has 1 aromatic heterocycles. The van der Waals surface area contributed by atoms with Gasteiger partial charge in [0.05, 0.1) is 16.3 Å². The molecule has 1 saturated heterocycles. The van der Waals surface area contributed by atoms with Gasteiger partial charge < -0.3 is 4.90 Å². The Balaban J connectivity index is 1.63. The van der Waals surface area contributed by atoms with E-state index in [1.807, 2.05) is 6.92 Å². The molecule has 7 heteroatoms. The first-order valence-corrected chi connectivity index (χ1v) is 10.5. The van der Waals surface area contributed by atoms with Crippen LogP contribution in [-0.4, -0.2) is 34.7 Å². The summed E-state index contributed by atoms with van der Waals surface area (Å²) < 4.78 is 27.3. The molecule has 3 rings (SSSR count). The number of unbranched alkanes of at least 4 members (excludes halogenated alkanes) is 1. The fraction of sp³-hybridized carbons (Fsp3) is 0.476. The fourth-order valence-electron chi connectivity index (χ4n) is 3.48. The van der Waals surface area contributed by atoms with Gasteiger partial charge in [-0.1, -0.05) is 13.3 Å². The molecular weight excluding hydrogens is 382 g/mol. The van der Waals surface area contributed by atoms with Gasteiger partial charge in [0.15, 0.2) is 5.78 Å². The van der Waals surface area contributed by atoms with Gasteiger partial charge in [0.2, 0.25) is 0 Å². The van der Waals surface area contributed by atoms with Gasteiger partial charge in [0, 0.05) is 19.0 Å². The van der Waals surface area contributed by atoms with Crippen molar-refractivity contribution in [2.45, 2.75) is 46.0 Å². The lowest BCUT2D eigenvalue weighted by molar-refractivity contribution is 0.0652. The van der Waals surface area contributed by atoms with Crippen LogP contribution in [0.3, 0.4) is 0 Å². The summed E-state index contributed by atoms with van der Waals surface area (Å²) in [6.07, 6.45) is 3.90. The number of benzene rings is 1. The predicted molar refractivity (Wildman–Crippen MR) is 105 cm³/mol. The molecule has 1 aliphatic rings. The Morgan fingerprint density at radius 1 is 1.25 bits per heavy atom. The molecule has 2 aromatic rings. The van der Waals surface area contributed by atoms with Crippen LogP contribution in [0.25, 0.3) is 0 Å². The van der Waals surface area contributed by atoms with E-state index in [0.29, 0.717) is 30.8 Å². The second kappa shape index (κ2) is 8.90. The van der Waals surface area contributed by atoms with Gasteiger partial charge in [0.1, 0.15) is 16.5 Å². The maximum atomic E-state index is 13.9. The van der Waals surface area contributed by atoms with Gasteiger partial charge >= 0.3 is 0 Å². The number of piperidine rings is 1. The highest BCUT2D eigenvalue weighted by atomic mass is 32.1. The molecule has 0 aliphatic carbocycles. The number of aryl methyl sites for hydroxylation is 2. The van der Waals surface area contributed by atoms with Crippen molar-refractivity contribution in [1.29, 1.82) is 0 Å². The van der Waals surface area contributed by atoms with E-state index < -0.39 is 17.6 Å². The van der Waals surface area contributed by atoms with Gasteiger partial charge in [-0.15, -0.1) is 11.3 Å². The highest BCUT2D eigenvalue weighted by Crippen LogP contribution is 2.27. The zero-order valence-corrected chi connectivity index (χ0v) is 17.0. The molecule has 0 N–H and O–H groups in total. The number of thiazole rings is 1. The molecule has 2 heterocycles. The number of rotatable bonds is 6. The molecule has 28 heavy (non-hydrogen) atoms. The molecule has 1 fully saturated rings. The Labute approximate surface area is 167 Å². The van der Waals surface area contributed by atoms with E-state index in [9.17, 15) is 18.4 Å². The van der Waals surface area contributed by atoms with Crippen molar-refractivity contribution < 1.29 is 18.4 Å². The van der Waals surface area contributed by atoms with Gasteiger partial charge in [-0.2, -0.15) is 0 Å². The monoisotopic (exact) mass is 406 g/mol. The van der Waals surface area contributed by atoms with E-state index >= 15 is 0 Å². The van der Waals surface area contributed by atoms with Crippen LogP contribution in [0, 0.1) is 24.5 Å². The molecule has 0 radical (unpaired) electrons. The van der Waals surface area contributed by atoms with Crippen molar-refractivity contribution in [3.05, 3.63) is 51.0 Å². The van der Waals surface area contributed by atoms with E-state index in [4.69, 9.17) is 0 Å². The first-order chi connectivity index (χ1) is 13.4. The zero-order chi connectivity index (χ0) is 20.3. The van der Waals surface area contributed by atoms with Crippen LogP contribution < -0.4 is 0 Å². The third kappa shape index (κ3) is 4.46. The lowest BCUT2D eigenvalue weighted by Gasteiger charge is -2.31. The lowest BCUT2D eigenvalue weighted by Crippen LogP contribution is -2.40. The van der Waals surface area contributed by atoms with Crippen LogP contribution in [0.5, 0.6) is 0 Å². The van der Waals surface area contributed by atoms with Crippen LogP contribution in [0.2, 0.25) is 0 Å². The number of carbonyl (C=O) groups excluding carboxylic acids is 2. The second-order valence-corrected chi connectivity index (χ2v) is 8.26. The Kier molecular flexibility index (Phi) is 6.54. The van der Waals surface area contributed by atoms with Crippen molar-refractivity contribution in [3.63, 3.8) is 0 Å². The Hall–Kier alpha value is -2.15. The molecule has 0 saturated carbocycles. The quantitative estimate of drug-likeness (QED) is 0.647. The highest BCUT2D eigenvalue weighted by Gasteiger charge is 2.31. The molecule has 0 atom stereocenters. The number of hydrogen-bond donors (Lipinski definition) is 0. The van der Waals surface area contributed by atoms with Crippen molar-refractivity contribution in [2.24, 2.45) is 5.92 Å². The fourth-order valence-corrected chi connectivity index (χ4v) is 4.55. The Morgan fingerprint density at radius 3 is 2.64 bits per heavy atom. The summed E-state index contributed by atoms with van der Waals surface area (Å²) in [7, 11) is 0. The molecule has 0 unspecified atom stereocenters. The summed E-state index contributed by atoms with van der Waals surface area (Å²) in [5.41, 5.74) is 0.546. The maximum Gasteiger partial charge on any atom is 0.265 e. The lowest BCUT2D eigenvalue weighted by atomic mass is 9.88. The first-order valence-electron chi connectivity index (χ1n) is 9.65. The summed E-state index contributed by atoms with van der Waals surface area (Å²) in [6, 6.07) is 2.93. The van der Waals surface area contributed by atoms with Gasteiger partial charge in [-0.05, 0) is 50.8 Å². The Bertz CT molecular complexity index is 873. The van der Waals surface area contributed by atoms with Crippen molar-refractivity contribution in [1.82, 2.24) is 9.88 Å². The van der Waals surface area contributed by atoms with Crippen LogP contribution in [0.4, 0.5) is 8.78 Å². The third-order valence-electron chi connectivity index (χ3n) is 5.13. The molecular formula is C21H24F2N2O2S. The molecule has 0 bridgehead atoms. The van der Waals surface area contributed by atoms with E-state index in [1.165, 1.54) is 11.3 Å². The molecule has 1 aromatic carbocycles. The normalized spacial score (nSPS) is 15.1. The van der Waals surface area contributed by atoms with E-state index in [-0.39, 0.29) is 17.3 Å².